The van der Waals surface area contributed by atoms with E-state index in [0.717, 1.165) is 43.0 Å². The van der Waals surface area contributed by atoms with Crippen LogP contribution in [0.2, 0.25) is 0 Å². The highest BCUT2D eigenvalue weighted by Crippen LogP contribution is 2.43. The standard InChI is InChI=1S/C18H23N3OS/c1-19(2)14-8-9-15-20-17-12-6-7-13-18(17)21(23(20)22)16-10-4-3-5-11-16/h3-7,10-13H,8-9,14-15H2,1-2H3. The Kier molecular flexibility index (Phi) is 4.98. The zero-order chi connectivity index (χ0) is 16.2. The number of unbranched alkanes of at least 4 members (excludes halogenated alkanes) is 1. The van der Waals surface area contributed by atoms with Crippen molar-refractivity contribution >= 4 is 28.2 Å². The molecule has 0 bridgehead atoms. The van der Waals surface area contributed by atoms with E-state index in [9.17, 15) is 4.21 Å². The smallest absolute Gasteiger partial charge is 0.230 e. The largest absolute Gasteiger partial charge is 0.309 e. The first-order valence-corrected chi connectivity index (χ1v) is 9.03. The molecule has 1 atom stereocenters. The number of nitrogens with zero attached hydrogens (tertiary/aromatic N) is 3. The monoisotopic (exact) mass is 329 g/mol. The second-order valence-corrected chi connectivity index (χ2v) is 7.23. The third-order valence-corrected chi connectivity index (χ3v) is 5.40. The minimum Gasteiger partial charge on any atom is -0.309 e. The molecule has 5 heteroatoms. The summed E-state index contributed by atoms with van der Waals surface area (Å²) >= 11 is -1.21. The second-order valence-electron chi connectivity index (χ2n) is 5.96. The molecule has 1 heterocycles. The molecule has 0 aliphatic carbocycles. The van der Waals surface area contributed by atoms with E-state index in [-0.39, 0.29) is 0 Å². The summed E-state index contributed by atoms with van der Waals surface area (Å²) < 4.78 is 17.0. The number of anilines is 3. The molecule has 0 amide bonds. The zero-order valence-electron chi connectivity index (χ0n) is 13.7. The van der Waals surface area contributed by atoms with Crippen LogP contribution in [-0.2, 0) is 11.2 Å². The summed E-state index contributed by atoms with van der Waals surface area (Å²) in [5.74, 6) is 0. The number of hydrogen-bond acceptors (Lipinski definition) is 2. The van der Waals surface area contributed by atoms with Crippen LogP contribution in [0.25, 0.3) is 0 Å². The van der Waals surface area contributed by atoms with Crippen LogP contribution in [0.1, 0.15) is 12.8 Å². The molecular formula is C18H23N3OS. The molecule has 0 N–H and O–H groups in total. The lowest BCUT2D eigenvalue weighted by Gasteiger charge is -2.20. The van der Waals surface area contributed by atoms with E-state index in [0.29, 0.717) is 0 Å². The maximum absolute atomic E-state index is 13.0. The van der Waals surface area contributed by atoms with Crippen molar-refractivity contribution in [1.82, 2.24) is 4.90 Å². The summed E-state index contributed by atoms with van der Waals surface area (Å²) in [5.41, 5.74) is 3.04. The fourth-order valence-corrected chi connectivity index (χ4v) is 4.22. The van der Waals surface area contributed by atoms with E-state index in [1.165, 1.54) is 0 Å². The molecule has 3 rings (SSSR count). The Morgan fingerprint density at radius 1 is 0.913 bits per heavy atom. The first-order chi connectivity index (χ1) is 11.2. The molecule has 0 spiro atoms. The second kappa shape index (κ2) is 7.15. The van der Waals surface area contributed by atoms with Crippen molar-refractivity contribution in [2.24, 2.45) is 0 Å². The molecule has 0 saturated carbocycles. The maximum atomic E-state index is 13.0. The van der Waals surface area contributed by atoms with Gasteiger partial charge in [-0.15, -0.1) is 0 Å². The van der Waals surface area contributed by atoms with Gasteiger partial charge in [0, 0.05) is 6.54 Å². The van der Waals surface area contributed by atoms with Gasteiger partial charge in [0.1, 0.15) is 0 Å². The third-order valence-electron chi connectivity index (χ3n) is 3.92. The van der Waals surface area contributed by atoms with Crippen LogP contribution in [0.5, 0.6) is 0 Å². The molecule has 0 saturated heterocycles. The van der Waals surface area contributed by atoms with E-state index in [2.05, 4.69) is 25.1 Å². The van der Waals surface area contributed by atoms with Gasteiger partial charge in [0.05, 0.1) is 17.1 Å². The molecule has 122 valence electrons. The molecule has 0 aromatic heterocycles. The Balaban J connectivity index is 1.81. The highest BCUT2D eigenvalue weighted by atomic mass is 32.2. The third kappa shape index (κ3) is 3.41. The Bertz CT molecular complexity index is 675. The summed E-state index contributed by atoms with van der Waals surface area (Å²) in [6.07, 6.45) is 2.13. The van der Waals surface area contributed by atoms with Crippen LogP contribution >= 0.6 is 0 Å². The van der Waals surface area contributed by atoms with Gasteiger partial charge in [0.2, 0.25) is 11.2 Å². The first-order valence-electron chi connectivity index (χ1n) is 7.97. The average molecular weight is 329 g/mol. The van der Waals surface area contributed by atoms with E-state index in [1.54, 1.807) is 0 Å². The van der Waals surface area contributed by atoms with Gasteiger partial charge in [-0.1, -0.05) is 30.3 Å². The summed E-state index contributed by atoms with van der Waals surface area (Å²) in [4.78, 5) is 2.19. The van der Waals surface area contributed by atoms with E-state index in [4.69, 9.17) is 0 Å². The normalized spacial score (nSPS) is 16.9. The lowest BCUT2D eigenvalue weighted by Crippen LogP contribution is -2.30. The molecular weight excluding hydrogens is 306 g/mol. The quantitative estimate of drug-likeness (QED) is 0.758. The van der Waals surface area contributed by atoms with Gasteiger partial charge in [0.15, 0.2) is 0 Å². The van der Waals surface area contributed by atoms with Crippen molar-refractivity contribution in [3.05, 3.63) is 54.6 Å². The number of rotatable bonds is 6. The molecule has 0 radical (unpaired) electrons. The Hall–Kier alpha value is -1.85. The lowest BCUT2D eigenvalue weighted by atomic mass is 10.2. The molecule has 4 nitrogen and oxygen atoms in total. The fourth-order valence-electron chi connectivity index (χ4n) is 2.79. The molecule has 1 aliphatic rings. The number of benzene rings is 2. The molecule has 1 aliphatic heterocycles. The van der Waals surface area contributed by atoms with Gasteiger partial charge >= 0.3 is 0 Å². The first kappa shape index (κ1) is 16.0. The highest BCUT2D eigenvalue weighted by molar-refractivity contribution is 7.88. The van der Waals surface area contributed by atoms with Gasteiger partial charge in [-0.25, -0.2) is 8.51 Å². The minimum absolute atomic E-state index is 0.806. The predicted molar refractivity (Wildman–Crippen MR) is 98.3 cm³/mol. The summed E-state index contributed by atoms with van der Waals surface area (Å²) in [6, 6.07) is 18.1. The summed E-state index contributed by atoms with van der Waals surface area (Å²) in [5, 5.41) is 0. The van der Waals surface area contributed by atoms with Gasteiger partial charge < -0.3 is 4.90 Å². The Morgan fingerprint density at radius 3 is 2.26 bits per heavy atom. The van der Waals surface area contributed by atoms with Crippen molar-refractivity contribution in [1.29, 1.82) is 0 Å². The zero-order valence-corrected chi connectivity index (χ0v) is 14.5. The van der Waals surface area contributed by atoms with Gasteiger partial charge in [-0.2, -0.15) is 0 Å². The topological polar surface area (TPSA) is 26.8 Å². The van der Waals surface area contributed by atoms with Crippen LogP contribution in [0.3, 0.4) is 0 Å². The maximum Gasteiger partial charge on any atom is 0.230 e. The fraction of sp³-hybridized carbons (Fsp3) is 0.333. The summed E-state index contributed by atoms with van der Waals surface area (Å²) in [7, 11) is 4.17. The Labute approximate surface area is 141 Å². The van der Waals surface area contributed by atoms with E-state index < -0.39 is 11.2 Å². The van der Waals surface area contributed by atoms with Crippen LogP contribution < -0.4 is 8.61 Å². The van der Waals surface area contributed by atoms with Crippen molar-refractivity contribution in [2.45, 2.75) is 12.8 Å². The van der Waals surface area contributed by atoms with Crippen LogP contribution in [0, 0.1) is 0 Å². The van der Waals surface area contributed by atoms with Gasteiger partial charge in [-0.05, 0) is 57.7 Å². The van der Waals surface area contributed by atoms with Crippen LogP contribution in [0.15, 0.2) is 54.6 Å². The molecule has 1 unspecified atom stereocenters. The van der Waals surface area contributed by atoms with Gasteiger partial charge in [-0.3, -0.25) is 4.31 Å². The van der Waals surface area contributed by atoms with Crippen LogP contribution in [-0.4, -0.2) is 36.3 Å². The minimum atomic E-state index is -1.21. The predicted octanol–water partition coefficient (Wildman–Crippen LogP) is 3.57. The molecule has 2 aromatic rings. The molecule has 2 aromatic carbocycles. The number of fused-ring (bicyclic) bond motifs is 1. The van der Waals surface area contributed by atoms with E-state index >= 15 is 0 Å². The molecule has 0 fully saturated rings. The van der Waals surface area contributed by atoms with Crippen molar-refractivity contribution in [3.8, 4) is 0 Å². The average Bonchev–Trinajstić information content (AvgIpc) is 2.84. The number of hydrogen-bond donors (Lipinski definition) is 0. The van der Waals surface area contributed by atoms with Gasteiger partial charge in [0.25, 0.3) is 0 Å². The SMILES string of the molecule is CN(C)CCCCN1c2ccccc2N(c2ccccc2)S1=O. The summed E-state index contributed by atoms with van der Waals surface area (Å²) in [6.45, 7) is 1.87. The molecule has 23 heavy (non-hydrogen) atoms. The van der Waals surface area contributed by atoms with E-state index in [1.807, 2.05) is 57.1 Å². The number of para-hydroxylation sites is 3. The lowest BCUT2D eigenvalue weighted by molar-refractivity contribution is 0.396. The Morgan fingerprint density at radius 2 is 1.57 bits per heavy atom. The highest BCUT2D eigenvalue weighted by Gasteiger charge is 2.33. The van der Waals surface area contributed by atoms with Crippen molar-refractivity contribution in [3.63, 3.8) is 0 Å². The van der Waals surface area contributed by atoms with Crippen molar-refractivity contribution in [2.75, 3.05) is 35.8 Å². The van der Waals surface area contributed by atoms with Crippen LogP contribution in [0.4, 0.5) is 17.1 Å². The van der Waals surface area contributed by atoms with Crippen molar-refractivity contribution < 1.29 is 4.21 Å².